The molecule has 0 radical (unpaired) electrons. The summed E-state index contributed by atoms with van der Waals surface area (Å²) < 4.78 is 4.84. The molecule has 5 heteroatoms. The second-order valence-electron chi connectivity index (χ2n) is 4.04. The number of ether oxygens (including phenoxy) is 1. The molecule has 0 aromatic heterocycles. The number of nitrogens with one attached hydrogen (secondary N) is 2. The van der Waals surface area contributed by atoms with E-state index in [2.05, 4.69) is 16.7 Å². The van der Waals surface area contributed by atoms with Gasteiger partial charge in [0.05, 0.1) is 18.2 Å². The highest BCUT2D eigenvalue weighted by Gasteiger charge is 2.02. The molecule has 1 aromatic carbocycles. The first-order valence-electron chi connectivity index (χ1n) is 6.22. The Morgan fingerprint density at radius 3 is 2.89 bits per heavy atom. The van der Waals surface area contributed by atoms with Crippen LogP contribution in [0.4, 0.5) is 0 Å². The molecule has 0 aliphatic heterocycles. The van der Waals surface area contributed by atoms with Gasteiger partial charge in [-0.25, -0.2) is 0 Å². The summed E-state index contributed by atoms with van der Waals surface area (Å²) in [5.41, 5.74) is 1.62. The van der Waals surface area contributed by atoms with Crippen LogP contribution in [0.15, 0.2) is 24.3 Å². The van der Waals surface area contributed by atoms with Crippen molar-refractivity contribution in [3.8, 4) is 6.07 Å². The first-order valence-corrected chi connectivity index (χ1v) is 6.22. The van der Waals surface area contributed by atoms with Gasteiger partial charge in [0, 0.05) is 33.2 Å². The van der Waals surface area contributed by atoms with Crippen molar-refractivity contribution in [2.24, 2.45) is 0 Å². The molecule has 5 nitrogen and oxygen atoms in total. The van der Waals surface area contributed by atoms with Crippen molar-refractivity contribution in [2.45, 2.75) is 13.0 Å². The Morgan fingerprint density at radius 2 is 2.16 bits per heavy atom. The minimum atomic E-state index is -0.00174. The number of hydrogen-bond donors (Lipinski definition) is 2. The maximum absolute atomic E-state index is 11.4. The highest BCUT2D eigenvalue weighted by molar-refractivity contribution is 5.76. The second-order valence-corrected chi connectivity index (χ2v) is 4.04. The van der Waals surface area contributed by atoms with Crippen LogP contribution < -0.4 is 10.6 Å². The van der Waals surface area contributed by atoms with Crippen molar-refractivity contribution in [2.75, 3.05) is 26.8 Å². The Hall–Kier alpha value is -1.90. The van der Waals surface area contributed by atoms with Gasteiger partial charge < -0.3 is 15.4 Å². The third-order valence-electron chi connectivity index (χ3n) is 2.61. The van der Waals surface area contributed by atoms with Gasteiger partial charge in [0.25, 0.3) is 0 Å². The van der Waals surface area contributed by atoms with E-state index in [1.165, 1.54) is 0 Å². The summed E-state index contributed by atoms with van der Waals surface area (Å²) in [5, 5.41) is 14.8. The van der Waals surface area contributed by atoms with Crippen molar-refractivity contribution in [3.05, 3.63) is 35.4 Å². The zero-order valence-electron chi connectivity index (χ0n) is 11.1. The number of nitrogens with zero attached hydrogens (tertiary/aromatic N) is 1. The van der Waals surface area contributed by atoms with Gasteiger partial charge in [-0.2, -0.15) is 5.26 Å². The molecule has 0 saturated carbocycles. The molecule has 19 heavy (non-hydrogen) atoms. The molecule has 0 aliphatic carbocycles. The standard InChI is InChI=1S/C14H19N3O2/c1-19-9-8-17-14(18)6-7-16-11-13-5-3-2-4-12(13)10-15/h2-5,16H,6-9,11H2,1H3,(H,17,18). The number of rotatable bonds is 8. The zero-order chi connectivity index (χ0) is 13.9. The Kier molecular flexibility index (Phi) is 7.25. The molecule has 0 heterocycles. The molecular weight excluding hydrogens is 242 g/mol. The molecular formula is C14H19N3O2. The van der Waals surface area contributed by atoms with E-state index in [0.717, 1.165) is 5.56 Å². The molecule has 2 N–H and O–H groups in total. The molecule has 1 rings (SSSR count). The largest absolute Gasteiger partial charge is 0.383 e. The van der Waals surface area contributed by atoms with Gasteiger partial charge in [-0.3, -0.25) is 4.79 Å². The van der Waals surface area contributed by atoms with Crippen molar-refractivity contribution in [1.82, 2.24) is 10.6 Å². The van der Waals surface area contributed by atoms with E-state index in [1.807, 2.05) is 18.2 Å². The summed E-state index contributed by atoms with van der Waals surface area (Å²) in [7, 11) is 1.60. The van der Waals surface area contributed by atoms with Gasteiger partial charge >= 0.3 is 0 Å². The average molecular weight is 261 g/mol. The summed E-state index contributed by atoms with van der Waals surface area (Å²) in [6.07, 6.45) is 0.415. The van der Waals surface area contributed by atoms with Crippen LogP contribution in [0.25, 0.3) is 0 Å². The van der Waals surface area contributed by atoms with Crippen LogP contribution in [0.3, 0.4) is 0 Å². The summed E-state index contributed by atoms with van der Waals surface area (Å²) in [6, 6.07) is 9.58. The average Bonchev–Trinajstić information content (AvgIpc) is 2.44. The predicted octanol–water partition coefficient (Wildman–Crippen LogP) is 0.801. The lowest BCUT2D eigenvalue weighted by molar-refractivity contribution is -0.121. The number of amides is 1. The molecule has 1 aromatic rings. The molecule has 0 saturated heterocycles. The van der Waals surface area contributed by atoms with Crippen LogP contribution in [0.2, 0.25) is 0 Å². The highest BCUT2D eigenvalue weighted by Crippen LogP contribution is 2.06. The van der Waals surface area contributed by atoms with Crippen LogP contribution in [-0.2, 0) is 16.1 Å². The number of benzene rings is 1. The molecule has 0 aliphatic rings. The molecule has 1 amide bonds. The normalized spacial score (nSPS) is 9.89. The highest BCUT2D eigenvalue weighted by atomic mass is 16.5. The van der Waals surface area contributed by atoms with Crippen LogP contribution in [0.5, 0.6) is 0 Å². The van der Waals surface area contributed by atoms with Crippen molar-refractivity contribution in [3.63, 3.8) is 0 Å². The van der Waals surface area contributed by atoms with Crippen LogP contribution in [0.1, 0.15) is 17.5 Å². The van der Waals surface area contributed by atoms with Gasteiger partial charge in [-0.1, -0.05) is 18.2 Å². The lowest BCUT2D eigenvalue weighted by Crippen LogP contribution is -2.30. The lowest BCUT2D eigenvalue weighted by Gasteiger charge is -2.07. The number of carbonyl (C=O) groups is 1. The Morgan fingerprint density at radius 1 is 1.37 bits per heavy atom. The fourth-order valence-electron chi connectivity index (χ4n) is 1.59. The quantitative estimate of drug-likeness (QED) is 0.679. The maximum Gasteiger partial charge on any atom is 0.221 e. The van der Waals surface area contributed by atoms with E-state index in [9.17, 15) is 4.79 Å². The first kappa shape index (κ1) is 15.2. The molecule has 0 bridgehead atoms. The van der Waals surface area contributed by atoms with Gasteiger partial charge in [0.1, 0.15) is 0 Å². The molecule has 0 fully saturated rings. The Balaban J connectivity index is 2.20. The van der Waals surface area contributed by atoms with Crippen molar-refractivity contribution in [1.29, 1.82) is 5.26 Å². The minimum absolute atomic E-state index is 0.00174. The van der Waals surface area contributed by atoms with E-state index in [0.29, 0.717) is 38.2 Å². The van der Waals surface area contributed by atoms with E-state index in [1.54, 1.807) is 13.2 Å². The first-order chi connectivity index (χ1) is 9.27. The second kappa shape index (κ2) is 9.09. The maximum atomic E-state index is 11.4. The van der Waals surface area contributed by atoms with Gasteiger partial charge in [0.15, 0.2) is 0 Å². The number of nitriles is 1. The lowest BCUT2D eigenvalue weighted by atomic mass is 10.1. The van der Waals surface area contributed by atoms with Gasteiger partial charge in [-0.05, 0) is 11.6 Å². The van der Waals surface area contributed by atoms with E-state index < -0.39 is 0 Å². The summed E-state index contributed by atoms with van der Waals surface area (Å²) in [5.74, 6) is -0.00174. The van der Waals surface area contributed by atoms with E-state index >= 15 is 0 Å². The minimum Gasteiger partial charge on any atom is -0.383 e. The number of hydrogen-bond acceptors (Lipinski definition) is 4. The summed E-state index contributed by atoms with van der Waals surface area (Å²) in [4.78, 5) is 11.4. The summed E-state index contributed by atoms with van der Waals surface area (Å²) in [6.45, 7) is 2.23. The smallest absolute Gasteiger partial charge is 0.221 e. The monoisotopic (exact) mass is 261 g/mol. The van der Waals surface area contributed by atoms with Gasteiger partial charge in [0.2, 0.25) is 5.91 Å². The fraction of sp³-hybridized carbons (Fsp3) is 0.429. The Labute approximate surface area is 113 Å². The zero-order valence-corrected chi connectivity index (χ0v) is 11.1. The van der Waals surface area contributed by atoms with E-state index in [-0.39, 0.29) is 5.91 Å². The molecule has 0 spiro atoms. The third kappa shape index (κ3) is 6.00. The van der Waals surface area contributed by atoms with Crippen LogP contribution >= 0.6 is 0 Å². The molecule has 102 valence electrons. The van der Waals surface area contributed by atoms with Crippen molar-refractivity contribution < 1.29 is 9.53 Å². The van der Waals surface area contributed by atoms with Gasteiger partial charge in [-0.15, -0.1) is 0 Å². The topological polar surface area (TPSA) is 74.2 Å². The molecule has 0 atom stereocenters. The summed E-state index contributed by atoms with van der Waals surface area (Å²) >= 11 is 0. The Bertz CT molecular complexity index is 441. The molecule has 0 unspecified atom stereocenters. The van der Waals surface area contributed by atoms with Crippen LogP contribution in [-0.4, -0.2) is 32.7 Å². The third-order valence-corrected chi connectivity index (χ3v) is 2.61. The predicted molar refractivity (Wildman–Crippen MR) is 72.4 cm³/mol. The van der Waals surface area contributed by atoms with Crippen LogP contribution in [0, 0.1) is 11.3 Å². The fourth-order valence-corrected chi connectivity index (χ4v) is 1.59. The SMILES string of the molecule is COCCNC(=O)CCNCc1ccccc1C#N. The number of methoxy groups -OCH3 is 1. The van der Waals surface area contributed by atoms with E-state index in [4.69, 9.17) is 10.00 Å². The number of carbonyl (C=O) groups excluding carboxylic acids is 1. The van der Waals surface area contributed by atoms with Crippen molar-refractivity contribution >= 4 is 5.91 Å².